The number of nitrogens with two attached hydrogens (primary N) is 1. The summed E-state index contributed by atoms with van der Waals surface area (Å²) in [5.74, 6) is 0.704. The molecular weight excluding hydrogens is 295 g/mol. The summed E-state index contributed by atoms with van der Waals surface area (Å²) < 4.78 is 37.6. The van der Waals surface area contributed by atoms with Crippen LogP contribution in [0, 0.1) is 0 Å². The number of aliphatic imine (C=N–C) groups is 1. The SMILES string of the molecule is CC(Nc1ccnc(/N=C\N)n1)c1ccc(C(F)(F)F)cc1. The van der Waals surface area contributed by atoms with Gasteiger partial charge in [0.1, 0.15) is 5.82 Å². The summed E-state index contributed by atoms with van der Waals surface area (Å²) in [6, 6.07) is 6.37. The molecule has 5 nitrogen and oxygen atoms in total. The third-order valence-corrected chi connectivity index (χ3v) is 2.94. The molecule has 0 saturated carbocycles. The smallest absolute Gasteiger partial charge is 0.390 e. The Morgan fingerprint density at radius 3 is 2.50 bits per heavy atom. The van der Waals surface area contributed by atoms with Crippen molar-refractivity contribution in [1.82, 2.24) is 9.97 Å². The molecule has 0 aliphatic rings. The largest absolute Gasteiger partial charge is 0.416 e. The number of alkyl halides is 3. The lowest BCUT2D eigenvalue weighted by atomic mass is 10.1. The molecule has 0 spiro atoms. The van der Waals surface area contributed by atoms with Gasteiger partial charge in [0, 0.05) is 12.2 Å². The summed E-state index contributed by atoms with van der Waals surface area (Å²) in [4.78, 5) is 11.7. The van der Waals surface area contributed by atoms with Crippen LogP contribution in [0.2, 0.25) is 0 Å². The van der Waals surface area contributed by atoms with Gasteiger partial charge in [-0.15, -0.1) is 0 Å². The predicted molar refractivity (Wildman–Crippen MR) is 77.9 cm³/mol. The van der Waals surface area contributed by atoms with E-state index in [2.05, 4.69) is 20.3 Å². The Morgan fingerprint density at radius 1 is 1.23 bits per heavy atom. The number of aromatic nitrogens is 2. The second-order valence-electron chi connectivity index (χ2n) is 4.51. The van der Waals surface area contributed by atoms with E-state index in [1.807, 2.05) is 6.92 Å². The van der Waals surface area contributed by atoms with Crippen LogP contribution in [-0.2, 0) is 6.18 Å². The van der Waals surface area contributed by atoms with Gasteiger partial charge >= 0.3 is 6.18 Å². The minimum absolute atomic E-state index is 0.201. The lowest BCUT2D eigenvalue weighted by Gasteiger charge is -2.16. The van der Waals surface area contributed by atoms with Crippen LogP contribution < -0.4 is 11.1 Å². The highest BCUT2D eigenvalue weighted by atomic mass is 19.4. The van der Waals surface area contributed by atoms with Crippen molar-refractivity contribution in [3.05, 3.63) is 47.7 Å². The predicted octanol–water partition coefficient (Wildman–Crippen LogP) is 3.29. The first-order chi connectivity index (χ1) is 10.4. The molecule has 0 saturated heterocycles. The Kier molecular flexibility index (Phi) is 4.59. The molecule has 1 unspecified atom stereocenters. The van der Waals surface area contributed by atoms with Gasteiger partial charge < -0.3 is 11.1 Å². The summed E-state index contributed by atoms with van der Waals surface area (Å²) in [6.07, 6.45) is -1.74. The number of nitrogens with one attached hydrogen (secondary N) is 1. The van der Waals surface area contributed by atoms with Crippen LogP contribution in [0.4, 0.5) is 24.9 Å². The molecule has 116 valence electrons. The summed E-state index contributed by atoms with van der Waals surface area (Å²) in [6.45, 7) is 1.82. The Bertz CT molecular complexity index is 652. The molecule has 1 aromatic heterocycles. The van der Waals surface area contributed by atoms with Crippen molar-refractivity contribution < 1.29 is 13.2 Å². The van der Waals surface area contributed by atoms with Gasteiger partial charge in [-0.3, -0.25) is 0 Å². The minimum Gasteiger partial charge on any atom is -0.390 e. The van der Waals surface area contributed by atoms with E-state index < -0.39 is 11.7 Å². The van der Waals surface area contributed by atoms with E-state index in [9.17, 15) is 13.2 Å². The molecule has 0 fully saturated rings. The van der Waals surface area contributed by atoms with Crippen LogP contribution in [0.15, 0.2) is 41.5 Å². The zero-order valence-corrected chi connectivity index (χ0v) is 11.7. The number of nitrogens with zero attached hydrogens (tertiary/aromatic N) is 3. The quantitative estimate of drug-likeness (QED) is 0.671. The van der Waals surface area contributed by atoms with Gasteiger partial charge in [0.05, 0.1) is 11.9 Å². The number of hydrogen-bond acceptors (Lipinski definition) is 4. The second kappa shape index (κ2) is 6.42. The van der Waals surface area contributed by atoms with Gasteiger partial charge in [-0.05, 0) is 30.7 Å². The van der Waals surface area contributed by atoms with Gasteiger partial charge in [0.15, 0.2) is 0 Å². The third kappa shape index (κ3) is 3.94. The first-order valence-electron chi connectivity index (χ1n) is 6.41. The van der Waals surface area contributed by atoms with Crippen molar-refractivity contribution in [2.45, 2.75) is 19.1 Å². The fourth-order valence-corrected chi connectivity index (χ4v) is 1.82. The summed E-state index contributed by atoms with van der Waals surface area (Å²) in [7, 11) is 0. The van der Waals surface area contributed by atoms with Crippen LogP contribution >= 0.6 is 0 Å². The zero-order valence-electron chi connectivity index (χ0n) is 11.7. The molecule has 2 aromatic rings. The molecule has 0 amide bonds. The Hall–Kier alpha value is -2.64. The fraction of sp³-hybridized carbons (Fsp3) is 0.214. The molecule has 0 aliphatic carbocycles. The molecule has 1 heterocycles. The van der Waals surface area contributed by atoms with Gasteiger partial charge in [0.25, 0.3) is 5.95 Å². The molecule has 1 atom stereocenters. The average Bonchev–Trinajstić information content (AvgIpc) is 2.47. The number of benzene rings is 1. The van der Waals surface area contributed by atoms with Crippen molar-refractivity contribution in [2.24, 2.45) is 10.7 Å². The molecule has 0 bridgehead atoms. The zero-order chi connectivity index (χ0) is 16.2. The second-order valence-corrected chi connectivity index (χ2v) is 4.51. The normalized spacial score (nSPS) is 13.3. The number of halogens is 3. The molecule has 3 N–H and O–H groups in total. The van der Waals surface area contributed by atoms with Gasteiger partial charge in [-0.2, -0.15) is 18.2 Å². The first kappa shape index (κ1) is 15.7. The van der Waals surface area contributed by atoms with Crippen molar-refractivity contribution >= 4 is 18.1 Å². The van der Waals surface area contributed by atoms with Crippen molar-refractivity contribution in [1.29, 1.82) is 0 Å². The maximum Gasteiger partial charge on any atom is 0.416 e. The highest BCUT2D eigenvalue weighted by Gasteiger charge is 2.30. The van der Waals surface area contributed by atoms with Crippen LogP contribution in [-0.4, -0.2) is 16.3 Å². The van der Waals surface area contributed by atoms with E-state index in [0.717, 1.165) is 18.5 Å². The molecule has 0 radical (unpaired) electrons. The van der Waals surface area contributed by atoms with Gasteiger partial charge in [0.2, 0.25) is 0 Å². The Balaban J connectivity index is 2.12. The monoisotopic (exact) mass is 309 g/mol. The van der Waals surface area contributed by atoms with Crippen LogP contribution in [0.1, 0.15) is 24.1 Å². The van der Waals surface area contributed by atoms with E-state index in [4.69, 9.17) is 5.73 Å². The molecule has 8 heteroatoms. The number of hydrogen-bond donors (Lipinski definition) is 2. The maximum absolute atomic E-state index is 12.5. The topological polar surface area (TPSA) is 76.2 Å². The third-order valence-electron chi connectivity index (χ3n) is 2.94. The summed E-state index contributed by atoms with van der Waals surface area (Å²) in [5, 5.41) is 3.07. The highest BCUT2D eigenvalue weighted by Crippen LogP contribution is 2.30. The minimum atomic E-state index is -4.34. The van der Waals surface area contributed by atoms with Crippen molar-refractivity contribution in [3.63, 3.8) is 0 Å². The van der Waals surface area contributed by atoms with Crippen LogP contribution in [0.5, 0.6) is 0 Å². The average molecular weight is 309 g/mol. The standard InChI is InChI=1S/C14H14F3N5/c1-9(10-2-4-11(5-3-10)14(15,16)17)21-12-6-7-19-13(22-12)20-8-18/h2-9H,1H3,(H3,18,19,20,21,22). The van der Waals surface area contributed by atoms with Crippen LogP contribution in [0.3, 0.4) is 0 Å². The first-order valence-corrected chi connectivity index (χ1v) is 6.41. The molecule has 1 aromatic carbocycles. The Morgan fingerprint density at radius 2 is 1.91 bits per heavy atom. The fourth-order valence-electron chi connectivity index (χ4n) is 1.82. The molecular formula is C14H14F3N5. The Labute approximate surface area is 125 Å². The lowest BCUT2D eigenvalue weighted by Crippen LogP contribution is -2.09. The maximum atomic E-state index is 12.5. The number of anilines is 1. The molecule has 0 aliphatic heterocycles. The van der Waals surface area contributed by atoms with E-state index in [1.165, 1.54) is 18.3 Å². The van der Waals surface area contributed by atoms with E-state index in [1.54, 1.807) is 6.07 Å². The summed E-state index contributed by atoms with van der Waals surface area (Å²) >= 11 is 0. The van der Waals surface area contributed by atoms with Gasteiger partial charge in [-0.25, -0.2) is 9.98 Å². The van der Waals surface area contributed by atoms with Crippen molar-refractivity contribution in [2.75, 3.05) is 5.32 Å². The van der Waals surface area contributed by atoms with E-state index in [-0.39, 0.29) is 12.0 Å². The lowest BCUT2D eigenvalue weighted by molar-refractivity contribution is -0.137. The summed E-state index contributed by atoms with van der Waals surface area (Å²) in [5.41, 5.74) is 5.20. The van der Waals surface area contributed by atoms with Crippen molar-refractivity contribution in [3.8, 4) is 0 Å². The molecule has 2 rings (SSSR count). The van der Waals surface area contributed by atoms with Gasteiger partial charge in [-0.1, -0.05) is 12.1 Å². The van der Waals surface area contributed by atoms with E-state index in [0.29, 0.717) is 11.4 Å². The van der Waals surface area contributed by atoms with E-state index >= 15 is 0 Å². The van der Waals surface area contributed by atoms with Crippen LogP contribution in [0.25, 0.3) is 0 Å². The molecule has 22 heavy (non-hydrogen) atoms. The number of rotatable bonds is 4. The highest BCUT2D eigenvalue weighted by molar-refractivity contribution is 5.56.